The van der Waals surface area contributed by atoms with Crippen LogP contribution in [0.5, 0.6) is 0 Å². The van der Waals surface area contributed by atoms with E-state index in [1.165, 1.54) is 32.1 Å². The number of rotatable bonds is 10. The number of hydrogen-bond donors (Lipinski definition) is 2. The van der Waals surface area contributed by atoms with Gasteiger partial charge < -0.3 is 14.9 Å². The average Bonchev–Trinajstić information content (AvgIpc) is 3.26. The van der Waals surface area contributed by atoms with E-state index in [-0.39, 0.29) is 30.2 Å². The van der Waals surface area contributed by atoms with Gasteiger partial charge in [-0.2, -0.15) is 4.98 Å². The molecule has 0 saturated heterocycles. The number of carboxylic acids is 1. The first-order valence-electron chi connectivity index (χ1n) is 11.9. The summed E-state index contributed by atoms with van der Waals surface area (Å²) in [6.07, 6.45) is 10.5. The highest BCUT2D eigenvalue weighted by Crippen LogP contribution is 2.53. The molecule has 2 heterocycles. The van der Waals surface area contributed by atoms with Gasteiger partial charge in [-0.25, -0.2) is 0 Å². The summed E-state index contributed by atoms with van der Waals surface area (Å²) < 4.78 is 5.41. The molecule has 2 aromatic heterocycles. The molecule has 33 heavy (non-hydrogen) atoms. The average molecular weight is 457 g/mol. The number of pyridine rings is 1. The first-order valence-corrected chi connectivity index (χ1v) is 11.9. The summed E-state index contributed by atoms with van der Waals surface area (Å²) in [5.41, 5.74) is 0.828. The van der Waals surface area contributed by atoms with Crippen molar-refractivity contribution in [2.75, 3.05) is 0 Å². The molecule has 2 N–H and O–H groups in total. The third-order valence-corrected chi connectivity index (χ3v) is 7.17. The lowest BCUT2D eigenvalue weighted by Crippen LogP contribution is -2.37. The zero-order chi connectivity index (χ0) is 23.9. The number of nitrogens with zero attached hydrogens (tertiary/aromatic N) is 3. The van der Waals surface area contributed by atoms with Crippen molar-refractivity contribution in [3.63, 3.8) is 0 Å². The van der Waals surface area contributed by atoms with Crippen LogP contribution in [0, 0.1) is 10.8 Å². The van der Waals surface area contributed by atoms with Gasteiger partial charge in [0.05, 0.1) is 13.0 Å². The van der Waals surface area contributed by atoms with Crippen molar-refractivity contribution in [1.82, 2.24) is 20.4 Å². The fourth-order valence-corrected chi connectivity index (χ4v) is 5.07. The molecule has 1 atom stereocenters. The highest BCUT2D eigenvalue weighted by Gasteiger charge is 2.42. The van der Waals surface area contributed by atoms with Gasteiger partial charge in [-0.3, -0.25) is 14.6 Å². The topological polar surface area (TPSA) is 118 Å². The zero-order valence-corrected chi connectivity index (χ0v) is 20.0. The Morgan fingerprint density at radius 1 is 1.21 bits per heavy atom. The number of nitrogens with one attached hydrogen (secondary N) is 1. The SMILES string of the molecule is CC(C)(C)C1(CCCC(CC(=O)O)c2nc(CNC(=O)c3ccccn3)no2)CCCCC1. The highest BCUT2D eigenvalue weighted by atomic mass is 16.5. The van der Waals surface area contributed by atoms with Crippen LogP contribution in [0.15, 0.2) is 28.9 Å². The Morgan fingerprint density at radius 2 is 1.97 bits per heavy atom. The molecule has 1 saturated carbocycles. The monoisotopic (exact) mass is 456 g/mol. The van der Waals surface area contributed by atoms with Crippen molar-refractivity contribution in [1.29, 1.82) is 0 Å². The Balaban J connectivity index is 1.60. The van der Waals surface area contributed by atoms with Gasteiger partial charge in [-0.05, 0) is 48.6 Å². The van der Waals surface area contributed by atoms with Crippen LogP contribution < -0.4 is 5.32 Å². The van der Waals surface area contributed by atoms with Crippen LogP contribution in [0.4, 0.5) is 0 Å². The lowest BCUT2D eigenvalue weighted by Gasteiger charge is -2.48. The molecule has 0 bridgehead atoms. The van der Waals surface area contributed by atoms with E-state index in [4.69, 9.17) is 4.52 Å². The van der Waals surface area contributed by atoms with Crippen molar-refractivity contribution in [3.8, 4) is 0 Å². The number of carboxylic acid groups (broad SMARTS) is 1. The molecule has 2 aromatic rings. The van der Waals surface area contributed by atoms with Crippen molar-refractivity contribution in [2.24, 2.45) is 10.8 Å². The Bertz CT molecular complexity index is 914. The second-order valence-electron chi connectivity index (χ2n) is 10.2. The van der Waals surface area contributed by atoms with Crippen LogP contribution in [-0.4, -0.2) is 32.1 Å². The van der Waals surface area contributed by atoms with E-state index in [0.29, 0.717) is 29.2 Å². The smallest absolute Gasteiger partial charge is 0.304 e. The van der Waals surface area contributed by atoms with Crippen molar-refractivity contribution < 1.29 is 19.2 Å². The molecule has 0 spiro atoms. The third-order valence-electron chi connectivity index (χ3n) is 7.17. The fourth-order valence-electron chi connectivity index (χ4n) is 5.07. The molecule has 1 fully saturated rings. The summed E-state index contributed by atoms with van der Waals surface area (Å²) in [6, 6.07) is 5.10. The lowest BCUT2D eigenvalue weighted by atomic mass is 9.57. The van der Waals surface area contributed by atoms with Gasteiger partial charge in [-0.1, -0.05) is 57.7 Å². The van der Waals surface area contributed by atoms with Gasteiger partial charge in [-0.15, -0.1) is 0 Å². The van der Waals surface area contributed by atoms with Crippen LogP contribution in [0.2, 0.25) is 0 Å². The standard InChI is InChI=1S/C25H36N4O4/c1-24(2,3)25(12-6-4-7-13-25)14-9-10-18(16-21(30)31)23-28-20(29-33-23)17-27-22(32)19-11-5-8-15-26-19/h5,8,11,15,18H,4,6-7,9-10,12-14,16-17H2,1-3H3,(H,27,32)(H,30,31). The first-order chi connectivity index (χ1) is 15.7. The van der Waals surface area contributed by atoms with E-state index < -0.39 is 5.97 Å². The summed E-state index contributed by atoms with van der Waals surface area (Å²) in [5.74, 6) is -0.901. The van der Waals surface area contributed by atoms with Gasteiger partial charge in [0.25, 0.3) is 5.91 Å². The molecule has 1 aliphatic carbocycles. The predicted octanol–water partition coefficient (Wildman–Crippen LogP) is 5.12. The van der Waals surface area contributed by atoms with E-state index in [0.717, 1.165) is 12.8 Å². The van der Waals surface area contributed by atoms with Gasteiger partial charge in [0.1, 0.15) is 5.69 Å². The number of aromatic nitrogens is 3. The second-order valence-corrected chi connectivity index (χ2v) is 10.2. The molecule has 3 rings (SSSR count). The molecule has 1 amide bonds. The maximum Gasteiger partial charge on any atom is 0.304 e. The quantitative estimate of drug-likeness (QED) is 0.509. The van der Waals surface area contributed by atoms with E-state index >= 15 is 0 Å². The summed E-state index contributed by atoms with van der Waals surface area (Å²) in [4.78, 5) is 32.1. The van der Waals surface area contributed by atoms with Gasteiger partial charge in [0, 0.05) is 12.1 Å². The predicted molar refractivity (Wildman–Crippen MR) is 124 cm³/mol. The van der Waals surface area contributed by atoms with Crippen molar-refractivity contribution >= 4 is 11.9 Å². The minimum atomic E-state index is -0.883. The van der Waals surface area contributed by atoms with E-state index in [9.17, 15) is 14.7 Å². The van der Waals surface area contributed by atoms with Gasteiger partial charge in [0.15, 0.2) is 5.82 Å². The Kier molecular flexibility index (Phi) is 8.21. The number of carbonyl (C=O) groups excluding carboxylic acids is 1. The number of carbonyl (C=O) groups is 2. The molecule has 0 aliphatic heterocycles. The zero-order valence-electron chi connectivity index (χ0n) is 20.0. The molecule has 1 unspecified atom stereocenters. The Morgan fingerprint density at radius 3 is 2.61 bits per heavy atom. The van der Waals surface area contributed by atoms with Crippen LogP contribution in [0.3, 0.4) is 0 Å². The maximum absolute atomic E-state index is 12.2. The van der Waals surface area contributed by atoms with E-state index in [1.807, 2.05) is 0 Å². The Hall–Kier alpha value is -2.77. The molecule has 180 valence electrons. The third kappa shape index (κ3) is 6.62. The number of aliphatic carboxylic acids is 1. The van der Waals surface area contributed by atoms with Gasteiger partial charge in [0.2, 0.25) is 5.89 Å². The molecule has 8 heteroatoms. The normalized spacial score (nSPS) is 16.8. The highest BCUT2D eigenvalue weighted by molar-refractivity contribution is 5.92. The van der Waals surface area contributed by atoms with Gasteiger partial charge >= 0.3 is 5.97 Å². The summed E-state index contributed by atoms with van der Waals surface area (Å²) in [6.45, 7) is 7.08. The summed E-state index contributed by atoms with van der Waals surface area (Å²) >= 11 is 0. The van der Waals surface area contributed by atoms with Crippen molar-refractivity contribution in [2.45, 2.75) is 91.0 Å². The lowest BCUT2D eigenvalue weighted by molar-refractivity contribution is -0.137. The summed E-state index contributed by atoms with van der Waals surface area (Å²) in [5, 5.41) is 16.1. The minimum absolute atomic E-state index is 0.0511. The van der Waals surface area contributed by atoms with Crippen LogP contribution >= 0.6 is 0 Å². The molecular formula is C25H36N4O4. The number of amides is 1. The van der Waals surface area contributed by atoms with Crippen LogP contribution in [-0.2, 0) is 11.3 Å². The molecule has 1 aliphatic rings. The molecule has 8 nitrogen and oxygen atoms in total. The molecule has 0 aromatic carbocycles. The second kappa shape index (κ2) is 10.9. The summed E-state index contributed by atoms with van der Waals surface area (Å²) in [7, 11) is 0. The van der Waals surface area contributed by atoms with Crippen molar-refractivity contribution in [3.05, 3.63) is 41.8 Å². The largest absolute Gasteiger partial charge is 0.481 e. The minimum Gasteiger partial charge on any atom is -0.481 e. The van der Waals surface area contributed by atoms with E-state index in [1.54, 1.807) is 24.4 Å². The Labute approximate surface area is 195 Å². The first kappa shape index (κ1) is 24.9. The maximum atomic E-state index is 12.2. The number of hydrogen-bond acceptors (Lipinski definition) is 6. The molecule has 0 radical (unpaired) electrons. The fraction of sp³-hybridized carbons (Fsp3) is 0.640. The van der Waals surface area contributed by atoms with Crippen LogP contribution in [0.1, 0.15) is 107 Å². The van der Waals surface area contributed by atoms with Crippen LogP contribution in [0.25, 0.3) is 0 Å². The van der Waals surface area contributed by atoms with E-state index in [2.05, 4.69) is 41.2 Å². The molecular weight excluding hydrogens is 420 g/mol.